The van der Waals surface area contributed by atoms with Gasteiger partial charge in [-0.3, -0.25) is 0 Å². The molecule has 1 N–H and O–H groups in total. The number of fused-ring (bicyclic) bond motifs is 1. The molecule has 0 spiro atoms. The largest absolute Gasteiger partial charge is 0.416 e. The maximum absolute atomic E-state index is 12.5. The number of benzene rings is 2. The lowest BCUT2D eigenvalue weighted by Crippen LogP contribution is -2.27. The lowest BCUT2D eigenvalue weighted by Gasteiger charge is -2.27. The monoisotopic (exact) mass is 291 g/mol. The summed E-state index contributed by atoms with van der Waals surface area (Å²) in [7, 11) is 0. The number of para-hydroxylation sites is 1. The number of hydrogen-bond donors (Lipinski definition) is 1. The van der Waals surface area contributed by atoms with E-state index in [-0.39, 0.29) is 6.04 Å². The van der Waals surface area contributed by atoms with Gasteiger partial charge in [-0.25, -0.2) is 0 Å². The van der Waals surface area contributed by atoms with Crippen molar-refractivity contribution < 1.29 is 13.2 Å². The van der Waals surface area contributed by atoms with Crippen molar-refractivity contribution in [2.45, 2.75) is 31.5 Å². The maximum atomic E-state index is 12.5. The van der Waals surface area contributed by atoms with Crippen molar-refractivity contribution in [3.05, 3.63) is 65.2 Å². The number of nitrogens with one attached hydrogen (secondary N) is 1. The Morgan fingerprint density at radius 1 is 1.00 bits per heavy atom. The van der Waals surface area contributed by atoms with Gasteiger partial charge in [0.05, 0.1) is 5.56 Å². The van der Waals surface area contributed by atoms with E-state index in [4.69, 9.17) is 0 Å². The highest BCUT2D eigenvalue weighted by Gasteiger charge is 2.30. The molecule has 110 valence electrons. The second-order valence-corrected chi connectivity index (χ2v) is 5.44. The lowest BCUT2D eigenvalue weighted by molar-refractivity contribution is -0.137. The van der Waals surface area contributed by atoms with Crippen LogP contribution in [0.4, 0.5) is 18.9 Å². The number of anilines is 1. The van der Waals surface area contributed by atoms with Crippen LogP contribution in [0.3, 0.4) is 0 Å². The van der Waals surface area contributed by atoms with Crippen LogP contribution in [0.25, 0.3) is 0 Å². The van der Waals surface area contributed by atoms with E-state index in [1.807, 2.05) is 18.2 Å². The number of halogens is 3. The molecule has 1 aliphatic heterocycles. The van der Waals surface area contributed by atoms with E-state index >= 15 is 0 Å². The van der Waals surface area contributed by atoms with Crippen LogP contribution in [0.15, 0.2) is 48.5 Å². The Labute approximate surface area is 121 Å². The van der Waals surface area contributed by atoms with Crippen LogP contribution in [-0.4, -0.2) is 6.04 Å². The predicted octanol–water partition coefficient (Wildman–Crippen LogP) is 4.67. The van der Waals surface area contributed by atoms with Crippen molar-refractivity contribution in [3.8, 4) is 0 Å². The lowest BCUT2D eigenvalue weighted by atomic mass is 9.93. The van der Waals surface area contributed by atoms with Crippen molar-refractivity contribution in [2.75, 3.05) is 5.32 Å². The molecule has 0 bridgehead atoms. The van der Waals surface area contributed by atoms with Crippen LogP contribution in [0.1, 0.15) is 23.1 Å². The summed E-state index contributed by atoms with van der Waals surface area (Å²) in [4.78, 5) is 0. The summed E-state index contributed by atoms with van der Waals surface area (Å²) in [6, 6.07) is 13.9. The van der Waals surface area contributed by atoms with Gasteiger partial charge in [-0.2, -0.15) is 13.2 Å². The van der Waals surface area contributed by atoms with Crippen molar-refractivity contribution in [2.24, 2.45) is 0 Å². The third kappa shape index (κ3) is 3.20. The summed E-state index contributed by atoms with van der Waals surface area (Å²) in [5, 5.41) is 3.47. The highest BCUT2D eigenvalue weighted by molar-refractivity contribution is 5.54. The van der Waals surface area contributed by atoms with Gasteiger partial charge >= 0.3 is 6.18 Å². The Kier molecular flexibility index (Phi) is 3.62. The summed E-state index contributed by atoms with van der Waals surface area (Å²) in [6.07, 6.45) is -1.51. The molecule has 0 radical (unpaired) electrons. The Bertz CT molecular complexity index is 617. The zero-order valence-corrected chi connectivity index (χ0v) is 11.5. The quantitative estimate of drug-likeness (QED) is 0.847. The van der Waals surface area contributed by atoms with E-state index in [0.29, 0.717) is 0 Å². The third-order valence-electron chi connectivity index (χ3n) is 3.90. The van der Waals surface area contributed by atoms with E-state index in [1.54, 1.807) is 12.1 Å². The van der Waals surface area contributed by atoms with Crippen LogP contribution >= 0.6 is 0 Å². The molecule has 3 rings (SSSR count). The molecule has 1 heterocycles. The third-order valence-corrected chi connectivity index (χ3v) is 3.90. The molecule has 0 amide bonds. The second kappa shape index (κ2) is 5.43. The maximum Gasteiger partial charge on any atom is 0.416 e. The zero-order valence-electron chi connectivity index (χ0n) is 11.5. The van der Waals surface area contributed by atoms with E-state index in [1.165, 1.54) is 5.56 Å². The van der Waals surface area contributed by atoms with E-state index in [0.717, 1.165) is 42.6 Å². The van der Waals surface area contributed by atoms with Crippen molar-refractivity contribution in [1.29, 1.82) is 0 Å². The standard InChI is InChI=1S/C17H16F3N/c18-17(19,20)14-8-5-12(6-9-14)11-15-10-7-13-3-1-2-4-16(13)21-15/h1-6,8-9,15,21H,7,10-11H2. The number of hydrogen-bond acceptors (Lipinski definition) is 1. The van der Waals surface area contributed by atoms with Crippen LogP contribution in [0.5, 0.6) is 0 Å². The average molecular weight is 291 g/mol. The van der Waals surface area contributed by atoms with Gasteiger partial charge in [0.25, 0.3) is 0 Å². The fraction of sp³-hybridized carbons (Fsp3) is 0.294. The topological polar surface area (TPSA) is 12.0 Å². The fourth-order valence-corrected chi connectivity index (χ4v) is 2.77. The average Bonchev–Trinajstić information content (AvgIpc) is 2.47. The summed E-state index contributed by atoms with van der Waals surface area (Å²) < 4.78 is 37.6. The van der Waals surface area contributed by atoms with Gasteiger partial charge in [0.15, 0.2) is 0 Å². The summed E-state index contributed by atoms with van der Waals surface area (Å²) >= 11 is 0. The van der Waals surface area contributed by atoms with Gasteiger partial charge in [-0.05, 0) is 48.6 Å². The molecule has 2 aromatic rings. The molecule has 0 aromatic heterocycles. The predicted molar refractivity (Wildman–Crippen MR) is 77.3 cm³/mol. The minimum atomic E-state index is -4.26. The first-order valence-electron chi connectivity index (χ1n) is 7.03. The van der Waals surface area contributed by atoms with E-state index < -0.39 is 11.7 Å². The summed E-state index contributed by atoms with van der Waals surface area (Å²) in [6.45, 7) is 0. The molecule has 21 heavy (non-hydrogen) atoms. The molecule has 1 aliphatic rings. The SMILES string of the molecule is FC(F)(F)c1ccc(CC2CCc3ccccc3N2)cc1. The summed E-state index contributed by atoms with van der Waals surface area (Å²) in [5.41, 5.74) is 2.79. The number of aryl methyl sites for hydroxylation is 1. The number of rotatable bonds is 2. The minimum Gasteiger partial charge on any atom is -0.382 e. The fourth-order valence-electron chi connectivity index (χ4n) is 2.77. The van der Waals surface area contributed by atoms with Crippen molar-refractivity contribution in [1.82, 2.24) is 0 Å². The highest BCUT2D eigenvalue weighted by atomic mass is 19.4. The molecule has 0 saturated heterocycles. The Hall–Kier alpha value is -1.97. The first kappa shape index (κ1) is 14.0. The van der Waals surface area contributed by atoms with Crippen molar-refractivity contribution in [3.63, 3.8) is 0 Å². The molecule has 1 atom stereocenters. The molecule has 4 heteroatoms. The summed E-state index contributed by atoms with van der Waals surface area (Å²) in [5.74, 6) is 0. The van der Waals surface area contributed by atoms with Gasteiger partial charge < -0.3 is 5.32 Å². The number of alkyl halides is 3. The smallest absolute Gasteiger partial charge is 0.382 e. The Morgan fingerprint density at radius 3 is 2.43 bits per heavy atom. The molecule has 0 fully saturated rings. The van der Waals surface area contributed by atoms with Crippen LogP contribution in [0, 0.1) is 0 Å². The van der Waals surface area contributed by atoms with Gasteiger partial charge in [0.2, 0.25) is 0 Å². The molecule has 0 aliphatic carbocycles. The molecule has 0 saturated carbocycles. The Balaban J connectivity index is 1.68. The molecular weight excluding hydrogens is 275 g/mol. The zero-order chi connectivity index (χ0) is 14.9. The van der Waals surface area contributed by atoms with Crippen LogP contribution < -0.4 is 5.32 Å². The van der Waals surface area contributed by atoms with Crippen LogP contribution in [-0.2, 0) is 19.0 Å². The molecule has 1 unspecified atom stereocenters. The van der Waals surface area contributed by atoms with Gasteiger partial charge in [0, 0.05) is 11.7 Å². The molecule has 2 aromatic carbocycles. The van der Waals surface area contributed by atoms with Gasteiger partial charge in [-0.15, -0.1) is 0 Å². The first-order valence-corrected chi connectivity index (χ1v) is 7.03. The van der Waals surface area contributed by atoms with Gasteiger partial charge in [0.1, 0.15) is 0 Å². The van der Waals surface area contributed by atoms with E-state index in [2.05, 4.69) is 11.4 Å². The molecule has 1 nitrogen and oxygen atoms in total. The van der Waals surface area contributed by atoms with E-state index in [9.17, 15) is 13.2 Å². The minimum absolute atomic E-state index is 0.275. The Morgan fingerprint density at radius 2 is 1.71 bits per heavy atom. The molecular formula is C17H16F3N. The van der Waals surface area contributed by atoms with Gasteiger partial charge in [-0.1, -0.05) is 30.3 Å². The highest BCUT2D eigenvalue weighted by Crippen LogP contribution is 2.30. The second-order valence-electron chi connectivity index (χ2n) is 5.44. The van der Waals surface area contributed by atoms with Crippen LogP contribution in [0.2, 0.25) is 0 Å². The van der Waals surface area contributed by atoms with Crippen molar-refractivity contribution >= 4 is 5.69 Å². The normalized spacial score (nSPS) is 18.0. The first-order chi connectivity index (χ1) is 10.0.